The summed E-state index contributed by atoms with van der Waals surface area (Å²) in [7, 11) is 0. The van der Waals surface area contributed by atoms with E-state index in [1.54, 1.807) is 34.9 Å². The predicted octanol–water partition coefficient (Wildman–Crippen LogP) is 3.03. The summed E-state index contributed by atoms with van der Waals surface area (Å²) in [4.78, 5) is 30.4. The first-order chi connectivity index (χ1) is 12.6. The summed E-state index contributed by atoms with van der Waals surface area (Å²) in [5, 5.41) is 4.01. The number of amides is 1. The van der Waals surface area contributed by atoms with Crippen molar-refractivity contribution in [2.75, 3.05) is 6.61 Å². The highest BCUT2D eigenvalue weighted by Gasteiger charge is 2.39. The number of carbonyl (C=O) groups is 2. The summed E-state index contributed by atoms with van der Waals surface area (Å²) in [5.41, 5.74) is 2.11. The van der Waals surface area contributed by atoms with Gasteiger partial charge in [0.25, 0.3) is 0 Å². The molecule has 26 heavy (non-hydrogen) atoms. The van der Waals surface area contributed by atoms with Crippen molar-refractivity contribution >= 4 is 30.2 Å². The molecule has 3 heterocycles. The minimum Gasteiger partial charge on any atom is -0.493 e. The second-order valence-electron chi connectivity index (χ2n) is 6.38. The molecule has 2 aromatic rings. The lowest BCUT2D eigenvalue weighted by atomic mass is 10.1. The molecule has 2 aliphatic rings. The predicted molar refractivity (Wildman–Crippen MR) is 97.5 cm³/mol. The molecule has 1 amide bonds. The van der Waals surface area contributed by atoms with Crippen molar-refractivity contribution in [2.24, 2.45) is 0 Å². The fourth-order valence-electron chi connectivity index (χ4n) is 3.28. The van der Waals surface area contributed by atoms with E-state index in [1.165, 1.54) is 6.33 Å². The molecule has 0 saturated heterocycles. The molecule has 4 rings (SSSR count). The summed E-state index contributed by atoms with van der Waals surface area (Å²) in [6.45, 7) is 4.58. The van der Waals surface area contributed by atoms with Gasteiger partial charge in [0.2, 0.25) is 6.41 Å². The van der Waals surface area contributed by atoms with E-state index in [0.717, 1.165) is 34.7 Å². The van der Waals surface area contributed by atoms with Crippen LogP contribution in [-0.2, 0) is 4.79 Å². The lowest BCUT2D eigenvalue weighted by Gasteiger charge is -2.24. The van der Waals surface area contributed by atoms with Crippen molar-refractivity contribution in [3.63, 3.8) is 0 Å². The van der Waals surface area contributed by atoms with E-state index in [2.05, 4.69) is 10.1 Å². The Morgan fingerprint density at radius 2 is 2.19 bits per heavy atom. The Bertz CT molecular complexity index is 906. The normalized spacial score (nSPS) is 19.0. The Hall–Kier alpha value is -2.61. The zero-order valence-corrected chi connectivity index (χ0v) is 15.3. The van der Waals surface area contributed by atoms with Crippen LogP contribution in [0.4, 0.5) is 0 Å². The third kappa shape index (κ3) is 2.61. The van der Waals surface area contributed by atoms with Gasteiger partial charge in [-0.2, -0.15) is 5.10 Å². The van der Waals surface area contributed by atoms with Crippen molar-refractivity contribution in [1.82, 2.24) is 19.7 Å². The van der Waals surface area contributed by atoms with Crippen LogP contribution in [0.25, 0.3) is 5.70 Å². The maximum atomic E-state index is 12.0. The largest absolute Gasteiger partial charge is 0.493 e. The molecular formula is C18H18N4O3S. The fourth-order valence-corrected chi connectivity index (χ4v) is 4.62. The standard InChI is InChI=1S/C18H18N4O3S/c1-11(2)22-17(19-9-20-22)18-21(10-24)16-13-7-12(8-23)3-4-14(13)25-6-5-15(16)26-18/h3-4,7-11,18H,5-6H2,1-2H3. The molecule has 0 aliphatic carbocycles. The average molecular weight is 370 g/mol. The van der Waals surface area contributed by atoms with Gasteiger partial charge in [0.1, 0.15) is 23.7 Å². The topological polar surface area (TPSA) is 77.3 Å². The third-order valence-corrected chi connectivity index (χ3v) is 5.78. The molecule has 0 saturated carbocycles. The number of benzene rings is 1. The monoisotopic (exact) mass is 370 g/mol. The molecule has 8 heteroatoms. The van der Waals surface area contributed by atoms with Crippen molar-refractivity contribution in [1.29, 1.82) is 0 Å². The van der Waals surface area contributed by atoms with Crippen LogP contribution >= 0.6 is 11.8 Å². The zero-order valence-electron chi connectivity index (χ0n) is 14.5. The van der Waals surface area contributed by atoms with Gasteiger partial charge in [0.05, 0.1) is 12.3 Å². The van der Waals surface area contributed by atoms with Crippen LogP contribution < -0.4 is 4.74 Å². The number of fused-ring (bicyclic) bond motifs is 2. The highest BCUT2D eigenvalue weighted by atomic mass is 32.2. The molecular weight excluding hydrogens is 352 g/mol. The van der Waals surface area contributed by atoms with Gasteiger partial charge in [0.15, 0.2) is 5.82 Å². The molecule has 7 nitrogen and oxygen atoms in total. The van der Waals surface area contributed by atoms with Crippen LogP contribution in [0, 0.1) is 0 Å². The average Bonchev–Trinajstić information content (AvgIpc) is 3.22. The summed E-state index contributed by atoms with van der Waals surface area (Å²) >= 11 is 1.59. The first kappa shape index (κ1) is 16.8. The number of carbonyl (C=O) groups excluding carboxylic acids is 2. The number of hydrogen-bond donors (Lipinski definition) is 0. The van der Waals surface area contributed by atoms with E-state index in [9.17, 15) is 9.59 Å². The number of nitrogens with zero attached hydrogens (tertiary/aromatic N) is 4. The SMILES string of the molecule is CC(C)n1ncnc1C1SC2=C(c3cc(C=O)ccc3OCC2)N1C=O. The van der Waals surface area contributed by atoms with E-state index in [4.69, 9.17) is 4.74 Å². The molecule has 0 radical (unpaired) electrons. The molecule has 0 spiro atoms. The fraction of sp³-hybridized carbons (Fsp3) is 0.333. The first-order valence-corrected chi connectivity index (χ1v) is 9.27. The van der Waals surface area contributed by atoms with Crippen molar-refractivity contribution in [3.8, 4) is 5.75 Å². The Kier molecular flexibility index (Phi) is 4.28. The molecule has 1 unspecified atom stereocenters. The van der Waals surface area contributed by atoms with E-state index < -0.39 is 0 Å². The smallest absolute Gasteiger partial charge is 0.215 e. The van der Waals surface area contributed by atoms with Crippen LogP contribution in [0.15, 0.2) is 29.4 Å². The van der Waals surface area contributed by atoms with Gasteiger partial charge >= 0.3 is 0 Å². The summed E-state index contributed by atoms with van der Waals surface area (Å²) < 4.78 is 7.65. The maximum Gasteiger partial charge on any atom is 0.215 e. The van der Waals surface area contributed by atoms with Crippen molar-refractivity contribution < 1.29 is 14.3 Å². The number of hydrogen-bond acceptors (Lipinski definition) is 6. The summed E-state index contributed by atoms with van der Waals surface area (Å²) in [6, 6.07) is 5.42. The van der Waals surface area contributed by atoms with Crippen LogP contribution in [0.2, 0.25) is 0 Å². The lowest BCUT2D eigenvalue weighted by Crippen LogP contribution is -2.24. The highest BCUT2D eigenvalue weighted by Crippen LogP contribution is 2.53. The molecule has 1 aromatic heterocycles. The Morgan fingerprint density at radius 1 is 1.35 bits per heavy atom. The van der Waals surface area contributed by atoms with E-state index in [0.29, 0.717) is 24.3 Å². The third-order valence-electron chi connectivity index (χ3n) is 4.43. The van der Waals surface area contributed by atoms with Crippen LogP contribution in [0.5, 0.6) is 5.75 Å². The van der Waals surface area contributed by atoms with Crippen molar-refractivity contribution in [3.05, 3.63) is 46.4 Å². The molecule has 1 atom stereocenters. The number of ether oxygens (including phenoxy) is 1. The van der Waals surface area contributed by atoms with Crippen LogP contribution in [-0.4, -0.2) is 39.0 Å². The van der Waals surface area contributed by atoms with Gasteiger partial charge in [-0.15, -0.1) is 0 Å². The van der Waals surface area contributed by atoms with Crippen LogP contribution in [0.1, 0.15) is 53.4 Å². The first-order valence-electron chi connectivity index (χ1n) is 8.39. The Morgan fingerprint density at radius 3 is 2.92 bits per heavy atom. The van der Waals surface area contributed by atoms with Gasteiger partial charge in [0, 0.05) is 28.5 Å². The molecule has 1 aromatic carbocycles. The van der Waals surface area contributed by atoms with Gasteiger partial charge in [-0.1, -0.05) is 11.8 Å². The summed E-state index contributed by atoms with van der Waals surface area (Å²) in [6.07, 6.45) is 3.83. The lowest BCUT2D eigenvalue weighted by molar-refractivity contribution is -0.115. The Labute approximate surface area is 155 Å². The Balaban J connectivity index is 1.82. The molecule has 0 bridgehead atoms. The number of aldehydes is 1. The molecule has 0 fully saturated rings. The second-order valence-corrected chi connectivity index (χ2v) is 7.56. The zero-order chi connectivity index (χ0) is 18.3. The van der Waals surface area contributed by atoms with Gasteiger partial charge in [-0.25, -0.2) is 9.67 Å². The highest BCUT2D eigenvalue weighted by molar-refractivity contribution is 8.03. The number of rotatable bonds is 4. The maximum absolute atomic E-state index is 12.0. The minimum absolute atomic E-state index is 0.138. The number of thioether (sulfide) groups is 1. The summed E-state index contributed by atoms with van der Waals surface area (Å²) in [5.74, 6) is 1.42. The minimum atomic E-state index is -0.284. The van der Waals surface area contributed by atoms with Gasteiger partial charge < -0.3 is 4.74 Å². The van der Waals surface area contributed by atoms with Gasteiger partial charge in [-0.05, 0) is 32.0 Å². The van der Waals surface area contributed by atoms with Crippen LogP contribution in [0.3, 0.4) is 0 Å². The molecule has 0 N–H and O–H groups in total. The molecule has 134 valence electrons. The number of aromatic nitrogens is 3. The van der Waals surface area contributed by atoms with E-state index >= 15 is 0 Å². The molecule has 2 aliphatic heterocycles. The van der Waals surface area contributed by atoms with E-state index in [1.807, 2.05) is 18.5 Å². The van der Waals surface area contributed by atoms with Crippen molar-refractivity contribution in [2.45, 2.75) is 31.7 Å². The second kappa shape index (κ2) is 6.60. The van der Waals surface area contributed by atoms with Gasteiger partial charge in [-0.3, -0.25) is 14.5 Å². The quantitative estimate of drug-likeness (QED) is 0.770. The van der Waals surface area contributed by atoms with E-state index in [-0.39, 0.29) is 11.4 Å².